The molecule has 3 unspecified atom stereocenters. The zero-order chi connectivity index (χ0) is 20.4. The van der Waals surface area contributed by atoms with Crippen LogP contribution in [0.5, 0.6) is 0 Å². The van der Waals surface area contributed by atoms with Crippen LogP contribution in [0.25, 0.3) is 11.6 Å². The molecule has 0 amide bonds. The van der Waals surface area contributed by atoms with Gasteiger partial charge < -0.3 is 14.3 Å². The molecular formula is C23H35N5O. The summed E-state index contributed by atoms with van der Waals surface area (Å²) >= 11 is 0. The maximum atomic E-state index is 5.97. The van der Waals surface area contributed by atoms with Crippen LogP contribution in [0.1, 0.15) is 58.8 Å². The first-order valence-electron chi connectivity index (χ1n) is 11.2. The summed E-state index contributed by atoms with van der Waals surface area (Å²) in [7, 11) is 1.94. The van der Waals surface area contributed by atoms with Crippen LogP contribution in [0, 0.1) is 23.7 Å². The molecule has 0 aliphatic heterocycles. The Balaban J connectivity index is 1.43. The largest absolute Gasteiger partial charge is 0.419 e. The van der Waals surface area contributed by atoms with E-state index in [1.54, 1.807) is 12.5 Å². The molecular weight excluding hydrogens is 362 g/mol. The van der Waals surface area contributed by atoms with Crippen LogP contribution in [0.15, 0.2) is 28.6 Å². The molecule has 0 aromatic carbocycles. The van der Waals surface area contributed by atoms with Crippen molar-refractivity contribution in [3.05, 3.63) is 30.1 Å². The second-order valence-corrected chi connectivity index (χ2v) is 9.40. The molecule has 2 aliphatic rings. The smallest absolute Gasteiger partial charge is 0.265 e. The predicted octanol–water partition coefficient (Wildman–Crippen LogP) is 4.40. The van der Waals surface area contributed by atoms with Crippen LogP contribution in [-0.4, -0.2) is 32.3 Å². The topological polar surface area (TPSA) is 68.8 Å². The maximum Gasteiger partial charge on any atom is 0.265 e. The lowest BCUT2D eigenvalue weighted by Crippen LogP contribution is -2.38. The number of hydrogen-bond donors (Lipinski definition) is 1. The summed E-state index contributed by atoms with van der Waals surface area (Å²) in [6.07, 6.45) is 13.5. The van der Waals surface area contributed by atoms with Crippen molar-refractivity contribution in [2.45, 2.75) is 65.3 Å². The molecule has 6 heteroatoms. The maximum absolute atomic E-state index is 5.97. The molecule has 2 aromatic rings. The molecule has 0 saturated heterocycles. The number of allylic oxidation sites excluding steroid dienone is 1. The highest BCUT2D eigenvalue weighted by Gasteiger charge is 2.33. The van der Waals surface area contributed by atoms with Crippen molar-refractivity contribution in [2.75, 3.05) is 6.54 Å². The van der Waals surface area contributed by atoms with E-state index in [1.165, 1.54) is 37.7 Å². The van der Waals surface area contributed by atoms with E-state index in [-0.39, 0.29) is 0 Å². The average molecular weight is 398 g/mol. The van der Waals surface area contributed by atoms with Gasteiger partial charge in [0.25, 0.3) is 5.89 Å². The van der Waals surface area contributed by atoms with Crippen molar-refractivity contribution >= 4 is 0 Å². The van der Waals surface area contributed by atoms with E-state index in [9.17, 15) is 0 Å². The highest BCUT2D eigenvalue weighted by atomic mass is 16.4. The third-order valence-corrected chi connectivity index (χ3v) is 7.00. The van der Waals surface area contributed by atoms with Gasteiger partial charge in [0.2, 0.25) is 5.89 Å². The van der Waals surface area contributed by atoms with E-state index in [0.717, 1.165) is 30.6 Å². The lowest BCUT2D eigenvalue weighted by atomic mass is 9.70. The molecule has 0 spiro atoms. The molecule has 6 nitrogen and oxygen atoms in total. The van der Waals surface area contributed by atoms with Gasteiger partial charge in [-0.3, -0.25) is 0 Å². The first kappa shape index (κ1) is 20.3. The molecule has 1 fully saturated rings. The first-order valence-corrected chi connectivity index (χ1v) is 11.2. The highest BCUT2D eigenvalue weighted by molar-refractivity contribution is 5.44. The van der Waals surface area contributed by atoms with Crippen molar-refractivity contribution in [1.82, 2.24) is 25.1 Å². The highest BCUT2D eigenvalue weighted by Crippen LogP contribution is 2.39. The lowest BCUT2D eigenvalue weighted by molar-refractivity contribution is 0.214. The Hall–Kier alpha value is -1.95. The number of rotatable bonds is 7. The van der Waals surface area contributed by atoms with Gasteiger partial charge in [-0.2, -0.15) is 0 Å². The fraction of sp³-hybridized carbons (Fsp3) is 0.696. The number of hydrogen-bond acceptors (Lipinski definition) is 5. The Kier molecular flexibility index (Phi) is 6.18. The van der Waals surface area contributed by atoms with Crippen LogP contribution < -0.4 is 5.32 Å². The van der Waals surface area contributed by atoms with Crippen LogP contribution in [0.2, 0.25) is 0 Å². The first-order chi connectivity index (χ1) is 14.0. The summed E-state index contributed by atoms with van der Waals surface area (Å²) < 4.78 is 7.88. The minimum absolute atomic E-state index is 0.477. The fourth-order valence-corrected chi connectivity index (χ4v) is 5.15. The molecule has 1 saturated carbocycles. The standard InChI is InChI=1S/C23H35N5O/c1-15(2)20-10-17(16(3)9-18(20)12-25-19-7-5-6-8-19)11-22-26-27-23(29-22)21-13-24-14-28(21)4/h9,13-15,17-20,25H,5-8,10-12H2,1-4H3. The van der Waals surface area contributed by atoms with Gasteiger partial charge in [0, 0.05) is 26.1 Å². The molecule has 2 aliphatic carbocycles. The van der Waals surface area contributed by atoms with Crippen LogP contribution in [0.4, 0.5) is 0 Å². The molecule has 0 radical (unpaired) electrons. The third kappa shape index (κ3) is 4.63. The Bertz CT molecular complexity index is 830. The van der Waals surface area contributed by atoms with Crippen LogP contribution >= 0.6 is 0 Å². The number of nitrogens with one attached hydrogen (secondary N) is 1. The molecule has 2 aromatic heterocycles. The summed E-state index contributed by atoms with van der Waals surface area (Å²) in [6.45, 7) is 8.13. The van der Waals surface area contributed by atoms with Crippen molar-refractivity contribution in [3.63, 3.8) is 0 Å². The summed E-state index contributed by atoms with van der Waals surface area (Å²) in [5, 5.41) is 12.4. The summed E-state index contributed by atoms with van der Waals surface area (Å²) in [6, 6.07) is 0.734. The molecule has 29 heavy (non-hydrogen) atoms. The molecule has 1 N–H and O–H groups in total. The zero-order valence-corrected chi connectivity index (χ0v) is 18.3. The number of aryl methyl sites for hydroxylation is 1. The Morgan fingerprint density at radius 2 is 2.03 bits per heavy atom. The van der Waals surface area contributed by atoms with Crippen molar-refractivity contribution < 1.29 is 4.42 Å². The van der Waals surface area contributed by atoms with Gasteiger partial charge in [-0.1, -0.05) is 38.3 Å². The number of aromatic nitrogens is 4. The van der Waals surface area contributed by atoms with Crippen molar-refractivity contribution in [3.8, 4) is 11.6 Å². The predicted molar refractivity (Wildman–Crippen MR) is 114 cm³/mol. The van der Waals surface area contributed by atoms with E-state index in [2.05, 4.69) is 47.3 Å². The molecule has 158 valence electrons. The number of nitrogens with zero attached hydrogens (tertiary/aromatic N) is 4. The average Bonchev–Trinajstić information content (AvgIpc) is 3.43. The SMILES string of the molecule is CC1=CC(CNC2CCCC2)C(C(C)C)CC1Cc1nnc(-c2cncn2C)o1. The minimum atomic E-state index is 0.477. The molecule has 3 atom stereocenters. The van der Waals surface area contributed by atoms with Gasteiger partial charge in [-0.25, -0.2) is 4.98 Å². The van der Waals surface area contributed by atoms with Gasteiger partial charge in [-0.05, 0) is 49.9 Å². The van der Waals surface area contributed by atoms with Gasteiger partial charge in [0.15, 0.2) is 0 Å². The van der Waals surface area contributed by atoms with Crippen LogP contribution in [0.3, 0.4) is 0 Å². The Labute approximate surface area is 174 Å². The van der Waals surface area contributed by atoms with E-state index in [4.69, 9.17) is 4.42 Å². The van der Waals surface area contributed by atoms with Crippen molar-refractivity contribution in [2.24, 2.45) is 30.7 Å². The van der Waals surface area contributed by atoms with Gasteiger partial charge in [-0.15, -0.1) is 10.2 Å². The van der Waals surface area contributed by atoms with Gasteiger partial charge >= 0.3 is 0 Å². The van der Waals surface area contributed by atoms with Gasteiger partial charge in [0.05, 0.1) is 12.5 Å². The van der Waals surface area contributed by atoms with E-state index in [1.807, 2.05) is 11.6 Å². The summed E-state index contributed by atoms with van der Waals surface area (Å²) in [5.74, 6) is 3.74. The van der Waals surface area contributed by atoms with Crippen LogP contribution in [-0.2, 0) is 13.5 Å². The molecule has 2 heterocycles. The van der Waals surface area contributed by atoms with E-state index >= 15 is 0 Å². The normalized spacial score (nSPS) is 25.7. The summed E-state index contributed by atoms with van der Waals surface area (Å²) in [4.78, 5) is 4.14. The monoisotopic (exact) mass is 397 g/mol. The second kappa shape index (κ2) is 8.82. The third-order valence-electron chi connectivity index (χ3n) is 7.00. The Morgan fingerprint density at radius 1 is 1.24 bits per heavy atom. The second-order valence-electron chi connectivity index (χ2n) is 9.40. The molecule has 4 rings (SSSR count). The summed E-state index contributed by atoms with van der Waals surface area (Å²) in [5.41, 5.74) is 2.33. The lowest BCUT2D eigenvalue weighted by Gasteiger charge is -2.37. The Morgan fingerprint density at radius 3 is 2.72 bits per heavy atom. The molecule has 0 bridgehead atoms. The zero-order valence-electron chi connectivity index (χ0n) is 18.3. The fourth-order valence-electron chi connectivity index (χ4n) is 5.15. The van der Waals surface area contributed by atoms with Gasteiger partial charge in [0.1, 0.15) is 5.69 Å². The number of imidazole rings is 1. The van der Waals surface area contributed by atoms with E-state index < -0.39 is 0 Å². The van der Waals surface area contributed by atoms with E-state index in [0.29, 0.717) is 29.6 Å². The minimum Gasteiger partial charge on any atom is -0.419 e. The quantitative estimate of drug-likeness (QED) is 0.701. The van der Waals surface area contributed by atoms with Crippen molar-refractivity contribution in [1.29, 1.82) is 0 Å².